The number of thioether (sulfide) groups is 1. The van der Waals surface area contributed by atoms with Crippen LogP contribution in [0.25, 0.3) is 0 Å². The zero-order valence-corrected chi connectivity index (χ0v) is 25.7. The van der Waals surface area contributed by atoms with Crippen molar-refractivity contribution in [1.29, 1.82) is 0 Å². The Kier molecular flexibility index (Phi) is 9.67. The third-order valence-corrected chi connectivity index (χ3v) is 8.14. The van der Waals surface area contributed by atoms with Crippen LogP contribution in [0.4, 0.5) is 4.79 Å². The zero-order chi connectivity index (χ0) is 29.0. The lowest BCUT2D eigenvalue weighted by molar-refractivity contribution is -0.00326. The van der Waals surface area contributed by atoms with Crippen LogP contribution >= 0.6 is 11.8 Å². The quantitative estimate of drug-likeness (QED) is 0.260. The van der Waals surface area contributed by atoms with Crippen LogP contribution in [0.1, 0.15) is 86.7 Å². The first kappa shape index (κ1) is 30.2. The van der Waals surface area contributed by atoms with Gasteiger partial charge in [0.15, 0.2) is 6.10 Å². The molecule has 1 saturated carbocycles. The van der Waals surface area contributed by atoms with E-state index >= 15 is 0 Å². The molecule has 0 radical (unpaired) electrons. The molecular weight excluding hydrogens is 526 g/mol. The van der Waals surface area contributed by atoms with E-state index in [1.54, 1.807) is 11.8 Å². The zero-order valence-electron chi connectivity index (χ0n) is 24.9. The van der Waals surface area contributed by atoms with Gasteiger partial charge in [0.2, 0.25) is 0 Å². The third kappa shape index (κ3) is 7.69. The van der Waals surface area contributed by atoms with Gasteiger partial charge in [-0.25, -0.2) is 9.59 Å². The summed E-state index contributed by atoms with van der Waals surface area (Å²) in [6, 6.07) is 8.06. The van der Waals surface area contributed by atoms with E-state index in [9.17, 15) is 9.59 Å². The van der Waals surface area contributed by atoms with Gasteiger partial charge in [-0.1, -0.05) is 13.0 Å². The van der Waals surface area contributed by atoms with Gasteiger partial charge in [-0.3, -0.25) is 9.88 Å². The minimum absolute atomic E-state index is 0.00208. The third-order valence-electron chi connectivity index (χ3n) is 7.22. The molecule has 0 spiro atoms. The van der Waals surface area contributed by atoms with Crippen LogP contribution in [0, 0.1) is 6.92 Å². The van der Waals surface area contributed by atoms with Crippen LogP contribution in [0.15, 0.2) is 35.4 Å². The number of nitrogens with zero attached hydrogens (tertiary/aromatic N) is 3. The van der Waals surface area contributed by atoms with Gasteiger partial charge in [0.25, 0.3) is 0 Å². The van der Waals surface area contributed by atoms with Gasteiger partial charge >= 0.3 is 12.1 Å². The molecule has 1 aromatic carbocycles. The number of carbonyl (C=O) groups is 2. The number of aromatic nitrogens is 1. The Hall–Kier alpha value is -2.78. The largest absolute Gasteiger partial charge is 0.482 e. The molecule has 218 valence electrons. The highest BCUT2D eigenvalue weighted by Crippen LogP contribution is 2.40. The van der Waals surface area contributed by atoms with E-state index in [-0.39, 0.29) is 24.2 Å². The van der Waals surface area contributed by atoms with E-state index in [0.717, 1.165) is 27.7 Å². The smallest absolute Gasteiger partial charge is 0.410 e. The molecule has 8 nitrogen and oxygen atoms in total. The number of pyridine rings is 1. The summed E-state index contributed by atoms with van der Waals surface area (Å²) in [4.78, 5) is 35.0. The molecule has 0 N–H and O–H groups in total. The summed E-state index contributed by atoms with van der Waals surface area (Å²) in [5.74, 6) is 1.84. The van der Waals surface area contributed by atoms with Gasteiger partial charge < -0.3 is 19.1 Å². The number of carbonyl (C=O) groups excluding carboxylic acids is 2. The lowest BCUT2D eigenvalue weighted by Crippen LogP contribution is -2.55. The number of aryl methyl sites for hydroxylation is 1. The van der Waals surface area contributed by atoms with Crippen molar-refractivity contribution in [2.75, 3.05) is 39.0 Å². The summed E-state index contributed by atoms with van der Waals surface area (Å²) < 4.78 is 17.4. The van der Waals surface area contributed by atoms with Crippen molar-refractivity contribution in [3.8, 4) is 5.75 Å². The fraction of sp³-hybridized carbons (Fsp3) is 0.581. The van der Waals surface area contributed by atoms with Crippen LogP contribution in [-0.4, -0.2) is 77.5 Å². The van der Waals surface area contributed by atoms with Crippen molar-refractivity contribution < 1.29 is 23.8 Å². The SMILES string of the molecule is CCSc1cc(C(=O)OC)c(C)cc1O[C@H](CN1CCN(C(=O)OC(C)(C)C)[C@H](C)C1)c1ccc(C2CC2)cn1. The molecule has 4 rings (SSSR count). The second-order valence-electron chi connectivity index (χ2n) is 11.7. The van der Waals surface area contributed by atoms with Gasteiger partial charge in [-0.15, -0.1) is 11.8 Å². The van der Waals surface area contributed by atoms with Crippen LogP contribution in [0.5, 0.6) is 5.75 Å². The molecular formula is C31H43N3O5S. The summed E-state index contributed by atoms with van der Waals surface area (Å²) in [5, 5.41) is 0. The van der Waals surface area contributed by atoms with E-state index in [2.05, 4.69) is 30.9 Å². The number of rotatable bonds is 9. The summed E-state index contributed by atoms with van der Waals surface area (Å²) in [7, 11) is 1.40. The Balaban J connectivity index is 1.57. The Morgan fingerprint density at radius 3 is 2.50 bits per heavy atom. The van der Waals surface area contributed by atoms with Gasteiger partial charge in [-0.05, 0) is 88.5 Å². The summed E-state index contributed by atoms with van der Waals surface area (Å²) >= 11 is 1.63. The van der Waals surface area contributed by atoms with Gasteiger partial charge in [-0.2, -0.15) is 0 Å². The van der Waals surface area contributed by atoms with E-state index < -0.39 is 5.60 Å². The molecule has 9 heteroatoms. The second kappa shape index (κ2) is 12.8. The standard InChI is InChI=1S/C31H43N3O5S/c1-8-40-28-16-24(29(35)37-7)20(2)15-26(28)38-27(25-12-11-23(17-32-25)22-9-10-22)19-33-13-14-34(21(3)18-33)30(36)39-31(4,5)6/h11-12,15-17,21-22,27H,8-10,13-14,18-19H2,1-7H3/t21-,27-/m1/s1. The number of amides is 1. The van der Waals surface area contributed by atoms with E-state index in [0.29, 0.717) is 37.7 Å². The predicted octanol–water partition coefficient (Wildman–Crippen LogP) is 6.23. The second-order valence-corrected chi connectivity index (χ2v) is 13.0. The summed E-state index contributed by atoms with van der Waals surface area (Å²) in [5.41, 5.74) is 2.97. The van der Waals surface area contributed by atoms with Crippen LogP contribution in [0.3, 0.4) is 0 Å². The maximum Gasteiger partial charge on any atom is 0.410 e. The normalized spacial score (nSPS) is 18.8. The topological polar surface area (TPSA) is 81.2 Å². The van der Waals surface area contributed by atoms with Crippen molar-refractivity contribution >= 4 is 23.8 Å². The van der Waals surface area contributed by atoms with Crippen molar-refractivity contribution in [3.05, 3.63) is 52.8 Å². The average Bonchev–Trinajstić information content (AvgIpc) is 3.74. The van der Waals surface area contributed by atoms with Crippen molar-refractivity contribution in [3.63, 3.8) is 0 Å². The number of hydrogen-bond acceptors (Lipinski definition) is 8. The fourth-order valence-corrected chi connectivity index (χ4v) is 5.75. The first-order chi connectivity index (χ1) is 19.0. The minimum atomic E-state index is -0.527. The van der Waals surface area contributed by atoms with Gasteiger partial charge in [0.05, 0.1) is 23.3 Å². The molecule has 2 aliphatic rings. The van der Waals surface area contributed by atoms with Gasteiger partial charge in [0.1, 0.15) is 11.4 Å². The molecule has 1 aliphatic heterocycles. The maximum atomic E-state index is 12.8. The molecule has 40 heavy (non-hydrogen) atoms. The number of methoxy groups -OCH3 is 1. The molecule has 2 fully saturated rings. The first-order valence-electron chi connectivity index (χ1n) is 14.2. The fourth-order valence-electron chi connectivity index (χ4n) is 4.99. The molecule has 1 aliphatic carbocycles. The van der Waals surface area contributed by atoms with Gasteiger partial charge in [0, 0.05) is 38.4 Å². The molecule has 0 bridgehead atoms. The molecule has 1 saturated heterocycles. The highest BCUT2D eigenvalue weighted by Gasteiger charge is 2.33. The van der Waals surface area contributed by atoms with Crippen LogP contribution < -0.4 is 4.74 Å². The van der Waals surface area contributed by atoms with E-state index in [1.807, 2.05) is 50.9 Å². The van der Waals surface area contributed by atoms with E-state index in [1.165, 1.54) is 25.5 Å². The highest BCUT2D eigenvalue weighted by atomic mass is 32.2. The Labute approximate surface area is 242 Å². The average molecular weight is 570 g/mol. The molecule has 1 aromatic heterocycles. The molecule has 2 heterocycles. The minimum Gasteiger partial charge on any atom is -0.482 e. The maximum absolute atomic E-state index is 12.8. The first-order valence-corrected chi connectivity index (χ1v) is 15.2. The summed E-state index contributed by atoms with van der Waals surface area (Å²) in [6.07, 6.45) is 3.84. The number of esters is 1. The lowest BCUT2D eigenvalue weighted by atomic mass is 10.1. The van der Waals surface area contributed by atoms with E-state index in [4.69, 9.17) is 19.2 Å². The predicted molar refractivity (Wildman–Crippen MR) is 157 cm³/mol. The molecule has 1 amide bonds. The monoisotopic (exact) mass is 569 g/mol. The Morgan fingerprint density at radius 1 is 1.18 bits per heavy atom. The molecule has 2 atom stereocenters. The lowest BCUT2D eigenvalue weighted by Gasteiger charge is -2.41. The Bertz CT molecular complexity index is 1190. The number of benzene rings is 1. The van der Waals surface area contributed by atoms with Crippen LogP contribution in [-0.2, 0) is 9.47 Å². The van der Waals surface area contributed by atoms with Crippen LogP contribution in [0.2, 0.25) is 0 Å². The van der Waals surface area contributed by atoms with Crippen molar-refractivity contribution in [2.45, 2.75) is 82.9 Å². The number of piperazine rings is 1. The van der Waals surface area contributed by atoms with Crippen molar-refractivity contribution in [2.24, 2.45) is 0 Å². The van der Waals surface area contributed by atoms with Crippen molar-refractivity contribution in [1.82, 2.24) is 14.8 Å². The number of hydrogen-bond donors (Lipinski definition) is 0. The Morgan fingerprint density at radius 2 is 1.93 bits per heavy atom. The highest BCUT2D eigenvalue weighted by molar-refractivity contribution is 7.99. The molecule has 0 unspecified atom stereocenters. The number of ether oxygens (including phenoxy) is 3. The molecule has 2 aromatic rings. The summed E-state index contributed by atoms with van der Waals surface area (Å²) in [6.45, 7) is 14.3.